The van der Waals surface area contributed by atoms with Crippen molar-refractivity contribution in [3.8, 4) is 0 Å². The fraction of sp³-hybridized carbons (Fsp3) is 0.375. The highest BCUT2D eigenvalue weighted by Gasteiger charge is 2.37. The first-order valence-electron chi connectivity index (χ1n) is 7.72. The van der Waals surface area contributed by atoms with Gasteiger partial charge in [-0.05, 0) is 30.3 Å². The fourth-order valence-corrected chi connectivity index (χ4v) is 3.41. The van der Waals surface area contributed by atoms with E-state index in [1.54, 1.807) is 4.68 Å². The van der Waals surface area contributed by atoms with Crippen LogP contribution in [0.15, 0.2) is 46.1 Å². The third-order valence-corrected chi connectivity index (χ3v) is 5.15. The highest BCUT2D eigenvalue weighted by Crippen LogP contribution is 2.31. The Balaban J connectivity index is 1.96. The number of aromatic nitrogens is 2. The summed E-state index contributed by atoms with van der Waals surface area (Å²) in [4.78, 5) is 0. The van der Waals surface area contributed by atoms with Gasteiger partial charge in [-0.3, -0.25) is 13.9 Å². The molecule has 1 aromatic carbocycles. The molecule has 0 spiro atoms. The normalized spacial score (nSPS) is 20.8. The van der Waals surface area contributed by atoms with Crippen molar-refractivity contribution in [2.45, 2.75) is 13.0 Å². The number of aryl methyl sites for hydroxylation is 1. The van der Waals surface area contributed by atoms with E-state index in [-0.39, 0.29) is 18.6 Å². The van der Waals surface area contributed by atoms with Crippen molar-refractivity contribution in [1.29, 1.82) is 0 Å². The van der Waals surface area contributed by atoms with E-state index in [0.29, 0.717) is 0 Å². The summed E-state index contributed by atoms with van der Waals surface area (Å²) >= 11 is 3.42. The molecule has 1 aromatic heterocycles. The topological polar surface area (TPSA) is 76.8 Å². The minimum Gasteiger partial charge on any atom is -0.275 e. The van der Waals surface area contributed by atoms with Gasteiger partial charge in [0.05, 0.1) is 30.3 Å². The maximum atomic E-state index is 11.4. The second-order valence-corrected chi connectivity index (χ2v) is 8.59. The second kappa shape index (κ2) is 6.89. The van der Waals surface area contributed by atoms with Crippen LogP contribution in [0.3, 0.4) is 0 Å². The first-order valence-corrected chi connectivity index (χ1v) is 10.3. The van der Waals surface area contributed by atoms with Gasteiger partial charge in [0.15, 0.2) is 0 Å². The van der Waals surface area contributed by atoms with Crippen LogP contribution in [0.4, 0.5) is 5.69 Å². The average Bonchev–Trinajstić information content (AvgIpc) is 3.09. The van der Waals surface area contributed by atoms with Crippen molar-refractivity contribution in [3.05, 3.63) is 46.7 Å². The Morgan fingerprint density at radius 3 is 2.48 bits per heavy atom. The molecular weight excluding hydrogens is 408 g/mol. The van der Waals surface area contributed by atoms with E-state index in [1.807, 2.05) is 55.5 Å². The van der Waals surface area contributed by atoms with Crippen molar-refractivity contribution in [2.24, 2.45) is 18.1 Å². The van der Waals surface area contributed by atoms with Crippen LogP contribution in [0.1, 0.15) is 12.6 Å². The lowest BCUT2D eigenvalue weighted by molar-refractivity contribution is 0.278. The number of hydrogen-bond donors (Lipinski definition) is 0. The number of benzene rings is 1. The van der Waals surface area contributed by atoms with Crippen molar-refractivity contribution in [2.75, 3.05) is 17.9 Å². The van der Waals surface area contributed by atoms with E-state index in [9.17, 15) is 8.42 Å². The Morgan fingerprint density at radius 1 is 1.24 bits per heavy atom. The minimum atomic E-state index is -3.53. The summed E-state index contributed by atoms with van der Waals surface area (Å²) in [7, 11) is -1.68. The molecule has 0 saturated heterocycles. The van der Waals surface area contributed by atoms with Gasteiger partial charge < -0.3 is 0 Å². The average molecular weight is 427 g/mol. The number of nitrogens with zero attached hydrogens (tertiary/aromatic N) is 4. The number of anilines is 1. The molecule has 0 fully saturated rings. The smallest absolute Gasteiger partial charge is 0.264 e. The van der Waals surface area contributed by atoms with E-state index in [2.05, 4.69) is 21.0 Å². The van der Waals surface area contributed by atoms with E-state index >= 15 is 0 Å². The first-order chi connectivity index (χ1) is 11.7. The maximum absolute atomic E-state index is 11.4. The summed E-state index contributed by atoms with van der Waals surface area (Å²) in [5, 5.41) is 11.0. The summed E-state index contributed by atoms with van der Waals surface area (Å²) in [6.45, 7) is 2.03. The van der Waals surface area contributed by atoms with Crippen LogP contribution in [0.25, 0.3) is 0 Å². The van der Waals surface area contributed by atoms with Crippen LogP contribution < -0.4 is 5.01 Å². The summed E-state index contributed by atoms with van der Waals surface area (Å²) in [6.07, 6.45) is 2.91. The van der Waals surface area contributed by atoms with Crippen molar-refractivity contribution >= 4 is 37.4 Å². The largest absolute Gasteiger partial charge is 0.275 e. The highest BCUT2D eigenvalue weighted by atomic mass is 79.9. The lowest BCUT2D eigenvalue weighted by atomic mass is 9.96. The van der Waals surface area contributed by atoms with Gasteiger partial charge in [0.2, 0.25) is 0 Å². The monoisotopic (exact) mass is 426 g/mol. The summed E-state index contributed by atoms with van der Waals surface area (Å²) in [6, 6.07) is 9.35. The summed E-state index contributed by atoms with van der Waals surface area (Å²) in [5.41, 5.74) is 2.45. The molecule has 2 heterocycles. The van der Waals surface area contributed by atoms with Gasteiger partial charge in [-0.1, -0.05) is 22.9 Å². The van der Waals surface area contributed by atoms with Crippen molar-refractivity contribution in [1.82, 2.24) is 9.78 Å². The second-order valence-electron chi connectivity index (χ2n) is 6.03. The molecule has 0 saturated carbocycles. The molecule has 25 heavy (non-hydrogen) atoms. The van der Waals surface area contributed by atoms with Gasteiger partial charge in [0, 0.05) is 23.6 Å². The highest BCUT2D eigenvalue weighted by molar-refractivity contribution is 9.10. The predicted octanol–water partition coefficient (Wildman–Crippen LogP) is 2.39. The van der Waals surface area contributed by atoms with E-state index in [1.165, 1.54) is 0 Å². The lowest BCUT2D eigenvalue weighted by Gasteiger charge is -2.25. The molecule has 0 aliphatic carbocycles. The molecule has 134 valence electrons. The molecule has 2 atom stereocenters. The Bertz CT molecular complexity index is 892. The molecule has 3 rings (SSSR count). The van der Waals surface area contributed by atoms with Gasteiger partial charge in [-0.15, -0.1) is 0 Å². The Kier molecular flexibility index (Phi) is 4.99. The molecular formula is C16H19BrN4O3S. The first kappa shape index (κ1) is 18.1. The van der Waals surface area contributed by atoms with E-state index in [0.717, 1.165) is 27.8 Å². The van der Waals surface area contributed by atoms with Gasteiger partial charge >= 0.3 is 0 Å². The van der Waals surface area contributed by atoms with Crippen LogP contribution in [0.2, 0.25) is 0 Å². The quantitative estimate of drug-likeness (QED) is 0.685. The molecule has 9 heteroatoms. The van der Waals surface area contributed by atoms with E-state index < -0.39 is 10.1 Å². The predicted molar refractivity (Wildman–Crippen MR) is 100 cm³/mol. The molecule has 0 bridgehead atoms. The summed E-state index contributed by atoms with van der Waals surface area (Å²) < 4.78 is 30.6. The van der Waals surface area contributed by atoms with Crippen LogP contribution in [-0.4, -0.2) is 42.8 Å². The molecule has 2 aromatic rings. The Morgan fingerprint density at radius 2 is 1.92 bits per heavy atom. The molecule has 0 amide bonds. The molecule has 1 aliphatic rings. The molecule has 0 radical (unpaired) electrons. The van der Waals surface area contributed by atoms with Crippen LogP contribution in [0, 0.1) is 5.92 Å². The molecule has 2 unspecified atom stereocenters. The Labute approximate surface area is 155 Å². The SMILES string of the molecule is CC1C(c2ccn(C)n2)=NN(c2ccc(Br)cc2)C1COS(C)(=O)=O. The zero-order valence-electron chi connectivity index (χ0n) is 14.1. The molecule has 1 aliphatic heterocycles. The van der Waals surface area contributed by atoms with Gasteiger partial charge in [-0.2, -0.15) is 18.6 Å². The number of halogens is 1. The van der Waals surface area contributed by atoms with Gasteiger partial charge in [0.1, 0.15) is 5.69 Å². The zero-order chi connectivity index (χ0) is 18.2. The van der Waals surface area contributed by atoms with Crippen LogP contribution >= 0.6 is 15.9 Å². The van der Waals surface area contributed by atoms with Crippen molar-refractivity contribution < 1.29 is 12.6 Å². The Hall–Kier alpha value is -1.71. The fourth-order valence-electron chi connectivity index (χ4n) is 2.76. The van der Waals surface area contributed by atoms with E-state index in [4.69, 9.17) is 9.28 Å². The van der Waals surface area contributed by atoms with Gasteiger partial charge in [-0.25, -0.2) is 0 Å². The lowest BCUT2D eigenvalue weighted by Crippen LogP contribution is -2.37. The molecule has 0 N–H and O–H groups in total. The number of rotatable bonds is 5. The van der Waals surface area contributed by atoms with Crippen LogP contribution in [0.5, 0.6) is 0 Å². The third-order valence-electron chi connectivity index (χ3n) is 4.06. The third kappa shape index (κ3) is 4.10. The maximum Gasteiger partial charge on any atom is 0.264 e. The van der Waals surface area contributed by atoms with Crippen LogP contribution in [-0.2, 0) is 21.3 Å². The number of hydrazone groups is 1. The number of hydrogen-bond acceptors (Lipinski definition) is 6. The van der Waals surface area contributed by atoms with Gasteiger partial charge in [0.25, 0.3) is 10.1 Å². The molecule has 7 nitrogen and oxygen atoms in total. The minimum absolute atomic E-state index is 0.0237. The summed E-state index contributed by atoms with van der Waals surface area (Å²) in [5.74, 6) is -0.0414. The van der Waals surface area contributed by atoms with Crippen molar-refractivity contribution in [3.63, 3.8) is 0 Å². The zero-order valence-corrected chi connectivity index (χ0v) is 16.5. The standard InChI is InChI=1S/C16H19BrN4O3S/c1-11-15(10-24-25(3,22)23)21(13-6-4-12(17)5-7-13)19-16(11)14-8-9-20(2)18-14/h4-9,11,15H,10H2,1-3H3.